The summed E-state index contributed by atoms with van der Waals surface area (Å²) in [5.41, 5.74) is 5.30. The molecule has 1 aliphatic heterocycles. The standard InChI is InChI=1S/C53H56N6O12/c1-62-45-22-12-20-41(24-45)33-65-48(60)28-58-26-43(54-56-58)35-64-37-47-50(67-30-38-14-6-3-7-15-38)51(68-31-39-16-8-4-9-17-39)52(69-32-40-18-10-5-11-19-40)53(71-47)70-36-44-27-59(57-55-44)29-49(61)66-34-42-21-13-23-46(25-42)63-2/h3-27,47,50-53H,28-37H2,1-2H3/t47-,50-,51+,52-,53+/m1/s1. The lowest BCUT2D eigenvalue weighted by atomic mass is 9.97. The van der Waals surface area contributed by atoms with Gasteiger partial charge in [-0.25, -0.2) is 9.36 Å². The molecule has 0 spiro atoms. The molecule has 71 heavy (non-hydrogen) atoms. The highest BCUT2D eigenvalue weighted by Gasteiger charge is 2.49. The highest BCUT2D eigenvalue weighted by Crippen LogP contribution is 2.32. The van der Waals surface area contributed by atoms with Gasteiger partial charge in [-0.3, -0.25) is 9.59 Å². The summed E-state index contributed by atoms with van der Waals surface area (Å²) in [7, 11) is 3.15. The van der Waals surface area contributed by atoms with E-state index in [1.54, 1.807) is 38.7 Å². The van der Waals surface area contributed by atoms with Crippen LogP contribution in [0.25, 0.3) is 0 Å². The molecule has 3 heterocycles. The molecule has 0 bridgehead atoms. The van der Waals surface area contributed by atoms with Crippen LogP contribution < -0.4 is 9.47 Å². The minimum Gasteiger partial charge on any atom is -0.497 e. The molecule has 0 N–H and O–H groups in total. The van der Waals surface area contributed by atoms with Crippen LogP contribution in [-0.2, 0) is 107 Å². The summed E-state index contributed by atoms with van der Waals surface area (Å²) in [5.74, 6) is 0.351. The number of methoxy groups -OCH3 is 2. The fraction of sp³-hybridized carbons (Fsp3) is 0.321. The predicted molar refractivity (Wildman–Crippen MR) is 254 cm³/mol. The number of hydrogen-bond acceptors (Lipinski definition) is 16. The van der Waals surface area contributed by atoms with E-state index in [-0.39, 0.29) is 65.9 Å². The average molecular weight is 969 g/mol. The van der Waals surface area contributed by atoms with E-state index in [9.17, 15) is 9.59 Å². The Labute approximate surface area is 411 Å². The van der Waals surface area contributed by atoms with Gasteiger partial charge in [-0.15, -0.1) is 10.2 Å². The van der Waals surface area contributed by atoms with Gasteiger partial charge in [0.25, 0.3) is 0 Å². The van der Waals surface area contributed by atoms with E-state index in [0.29, 0.717) is 22.9 Å². The fourth-order valence-corrected chi connectivity index (χ4v) is 7.63. The van der Waals surface area contributed by atoms with Gasteiger partial charge < -0.3 is 47.4 Å². The van der Waals surface area contributed by atoms with Crippen molar-refractivity contribution in [1.82, 2.24) is 30.0 Å². The number of esters is 2. The van der Waals surface area contributed by atoms with Crippen molar-refractivity contribution in [2.24, 2.45) is 0 Å². The molecule has 0 amide bonds. The minimum atomic E-state index is -1.04. The van der Waals surface area contributed by atoms with Crippen LogP contribution in [0.15, 0.2) is 152 Å². The maximum Gasteiger partial charge on any atom is 0.328 e. The number of carbonyl (C=O) groups excluding carboxylic acids is 2. The van der Waals surface area contributed by atoms with Crippen LogP contribution in [0.4, 0.5) is 0 Å². The Morgan fingerprint density at radius 3 is 1.44 bits per heavy atom. The predicted octanol–water partition coefficient (Wildman–Crippen LogP) is 6.59. The molecular formula is C53H56N6O12. The average Bonchev–Trinajstić information content (AvgIpc) is 4.07. The first-order chi connectivity index (χ1) is 34.9. The summed E-state index contributed by atoms with van der Waals surface area (Å²) in [6.07, 6.45) is -0.896. The summed E-state index contributed by atoms with van der Waals surface area (Å²) in [4.78, 5) is 25.6. The fourth-order valence-electron chi connectivity index (χ4n) is 7.63. The maximum absolute atomic E-state index is 12.8. The topological polar surface area (TPSA) is 188 Å². The monoisotopic (exact) mass is 968 g/mol. The van der Waals surface area contributed by atoms with Crippen LogP contribution in [0, 0.1) is 0 Å². The van der Waals surface area contributed by atoms with Crippen LogP contribution in [0.5, 0.6) is 11.5 Å². The largest absolute Gasteiger partial charge is 0.497 e. The van der Waals surface area contributed by atoms with Crippen molar-refractivity contribution in [3.63, 3.8) is 0 Å². The van der Waals surface area contributed by atoms with Gasteiger partial charge in [-0.1, -0.05) is 126 Å². The number of carbonyl (C=O) groups is 2. The molecule has 8 rings (SSSR count). The van der Waals surface area contributed by atoms with Gasteiger partial charge in [0.15, 0.2) is 6.29 Å². The second-order valence-corrected chi connectivity index (χ2v) is 16.5. The number of rotatable bonds is 26. The van der Waals surface area contributed by atoms with Gasteiger partial charge in [0.1, 0.15) is 73.6 Å². The molecular weight excluding hydrogens is 913 g/mol. The lowest BCUT2D eigenvalue weighted by Crippen LogP contribution is -2.61. The van der Waals surface area contributed by atoms with Crippen LogP contribution in [0.1, 0.15) is 39.2 Å². The zero-order valence-corrected chi connectivity index (χ0v) is 39.5. The summed E-state index contributed by atoms with van der Waals surface area (Å²) < 4.78 is 64.3. The van der Waals surface area contributed by atoms with Crippen molar-refractivity contribution >= 4 is 11.9 Å². The molecule has 18 nitrogen and oxygen atoms in total. The maximum atomic E-state index is 12.8. The van der Waals surface area contributed by atoms with E-state index in [1.165, 1.54) is 9.36 Å². The van der Waals surface area contributed by atoms with E-state index in [0.717, 1.165) is 27.8 Å². The highest BCUT2D eigenvalue weighted by molar-refractivity contribution is 5.69. The number of benzene rings is 5. The number of ether oxygens (including phenoxy) is 10. The Bertz CT molecular complexity index is 2710. The summed E-state index contributed by atoms with van der Waals surface area (Å²) >= 11 is 0. The Balaban J connectivity index is 0.979. The molecule has 1 saturated heterocycles. The van der Waals surface area contributed by atoms with E-state index in [2.05, 4.69) is 20.6 Å². The van der Waals surface area contributed by atoms with Gasteiger partial charge in [0.2, 0.25) is 0 Å². The molecule has 0 unspecified atom stereocenters. The second-order valence-electron chi connectivity index (χ2n) is 16.5. The SMILES string of the molecule is COc1cccc(COC(=O)Cn2cc(COC[C@H]3O[C@H](OCc4cn(CC(=O)OCc5cccc(OC)c5)nn4)[C@H](OCc4ccccc4)[C@@H](OCc4ccccc4)[C@@H]3OCc3ccccc3)nn2)c1. The smallest absolute Gasteiger partial charge is 0.328 e. The van der Waals surface area contributed by atoms with Gasteiger partial charge >= 0.3 is 11.9 Å². The Hall–Kier alpha value is -7.32. The summed E-state index contributed by atoms with van der Waals surface area (Å²) in [5, 5.41) is 16.8. The van der Waals surface area contributed by atoms with Crippen molar-refractivity contribution in [3.05, 3.63) is 191 Å². The first kappa shape index (κ1) is 50.1. The third-order valence-corrected chi connectivity index (χ3v) is 11.2. The molecule has 7 aromatic rings. The molecule has 370 valence electrons. The van der Waals surface area contributed by atoms with Crippen molar-refractivity contribution in [1.29, 1.82) is 0 Å². The zero-order valence-electron chi connectivity index (χ0n) is 39.5. The second kappa shape index (κ2) is 26.0. The van der Waals surface area contributed by atoms with Crippen molar-refractivity contribution in [2.75, 3.05) is 20.8 Å². The van der Waals surface area contributed by atoms with Crippen molar-refractivity contribution in [3.8, 4) is 11.5 Å². The van der Waals surface area contributed by atoms with Crippen LogP contribution >= 0.6 is 0 Å². The third kappa shape index (κ3) is 15.3. The molecule has 1 fully saturated rings. The Kier molecular flexibility index (Phi) is 18.4. The van der Waals surface area contributed by atoms with Crippen LogP contribution in [0.2, 0.25) is 0 Å². The van der Waals surface area contributed by atoms with Crippen molar-refractivity contribution in [2.45, 2.75) is 90.0 Å². The molecule has 1 aliphatic rings. The summed E-state index contributed by atoms with van der Waals surface area (Å²) in [6, 6.07) is 44.0. The number of hydrogen-bond donors (Lipinski definition) is 0. The highest BCUT2D eigenvalue weighted by atomic mass is 16.7. The first-order valence-corrected chi connectivity index (χ1v) is 23.0. The van der Waals surface area contributed by atoms with E-state index >= 15 is 0 Å². The molecule has 0 saturated carbocycles. The molecule has 0 aliphatic carbocycles. The van der Waals surface area contributed by atoms with Gasteiger partial charge in [-0.2, -0.15) is 0 Å². The lowest BCUT2D eigenvalue weighted by Gasteiger charge is -2.45. The molecule has 0 radical (unpaired) electrons. The van der Waals surface area contributed by atoms with E-state index in [4.69, 9.17) is 47.4 Å². The minimum absolute atomic E-state index is 0.0133. The van der Waals surface area contributed by atoms with Crippen LogP contribution in [-0.4, -0.2) is 93.5 Å². The normalized spacial score (nSPS) is 17.6. The van der Waals surface area contributed by atoms with Crippen molar-refractivity contribution < 1.29 is 57.0 Å². The van der Waals surface area contributed by atoms with Gasteiger partial charge in [0, 0.05) is 0 Å². The van der Waals surface area contributed by atoms with Gasteiger partial charge in [-0.05, 0) is 52.1 Å². The van der Waals surface area contributed by atoms with Gasteiger partial charge in [0.05, 0.1) is 66.3 Å². The molecule has 5 aromatic carbocycles. The quantitative estimate of drug-likeness (QED) is 0.0529. The van der Waals surface area contributed by atoms with E-state index in [1.807, 2.05) is 127 Å². The third-order valence-electron chi connectivity index (χ3n) is 11.2. The number of aromatic nitrogens is 6. The van der Waals surface area contributed by atoms with Crippen LogP contribution in [0.3, 0.4) is 0 Å². The Morgan fingerprint density at radius 1 is 0.493 bits per heavy atom. The molecule has 18 heteroatoms. The number of nitrogens with zero attached hydrogens (tertiary/aromatic N) is 6. The molecule has 5 atom stereocenters. The zero-order chi connectivity index (χ0) is 49.0. The first-order valence-electron chi connectivity index (χ1n) is 23.0. The summed E-state index contributed by atoms with van der Waals surface area (Å²) in [6.45, 7) is 0.499. The molecule has 2 aromatic heterocycles. The lowest BCUT2D eigenvalue weighted by molar-refractivity contribution is -0.331. The Morgan fingerprint density at radius 2 is 0.944 bits per heavy atom. The van der Waals surface area contributed by atoms with E-state index < -0.39 is 42.6 Å².